The molecule has 0 aliphatic heterocycles. The highest BCUT2D eigenvalue weighted by molar-refractivity contribution is 6.59. The van der Waals surface area contributed by atoms with Gasteiger partial charge in [-0.15, -0.1) is 0 Å². The van der Waals surface area contributed by atoms with E-state index in [2.05, 4.69) is 31.9 Å². The maximum Gasteiger partial charge on any atom is 0.326 e. The van der Waals surface area contributed by atoms with Gasteiger partial charge in [0, 0.05) is 45.4 Å². The number of amides is 6. The molecule has 1 aromatic rings. The number of rotatable bonds is 58. The molecule has 0 heterocycles. The fourth-order valence-electron chi connectivity index (χ4n) is 7.71. The van der Waals surface area contributed by atoms with Gasteiger partial charge in [0.05, 0.1) is 85.3 Å². The van der Waals surface area contributed by atoms with Crippen molar-refractivity contribution in [3.05, 3.63) is 29.8 Å². The average molecular weight is 1180 g/mol. The van der Waals surface area contributed by atoms with Crippen LogP contribution in [0.25, 0.3) is 0 Å². The van der Waals surface area contributed by atoms with Crippen LogP contribution in [-0.4, -0.2) is 220 Å². The van der Waals surface area contributed by atoms with Crippen molar-refractivity contribution in [3.63, 3.8) is 0 Å². The smallest absolute Gasteiger partial charge is 0.326 e. The molecule has 27 heteroatoms. The number of benzene rings is 1. The second-order valence-electron chi connectivity index (χ2n) is 19.5. The Morgan fingerprint density at radius 2 is 0.723 bits per heavy atom. The number of carboxylic acid groups (broad SMARTS) is 2. The molecule has 6 amide bonds. The van der Waals surface area contributed by atoms with Crippen molar-refractivity contribution < 1.29 is 96.4 Å². The number of carbonyl (C=O) groups excluding carboxylic acids is 7. The van der Waals surface area contributed by atoms with Gasteiger partial charge in [0.15, 0.2) is 7.85 Å². The topological polar surface area (TPSA) is 360 Å². The Balaban J connectivity index is 1.86. The molecule has 1 rings (SSSR count). The van der Waals surface area contributed by atoms with Crippen molar-refractivity contribution >= 4 is 60.9 Å². The number of phenols is 1. The van der Waals surface area contributed by atoms with Gasteiger partial charge in [-0.05, 0) is 43.4 Å². The minimum absolute atomic E-state index is 0.0433. The Kier molecular flexibility index (Phi) is 48.0. The lowest BCUT2D eigenvalue weighted by Crippen LogP contribution is -2.44. The number of unbranched alkanes of at least 4 members (excludes halogenated alkanes) is 13. The number of carboxylic acids is 2. The third-order valence-electron chi connectivity index (χ3n) is 12.2. The van der Waals surface area contributed by atoms with Crippen LogP contribution in [0.2, 0.25) is 0 Å². The Morgan fingerprint density at radius 3 is 1.10 bits per heavy atom. The number of carbonyl (C=O) groups is 9. The van der Waals surface area contributed by atoms with Gasteiger partial charge in [-0.2, -0.15) is 0 Å². The molecule has 0 unspecified atom stereocenters. The maximum atomic E-state index is 12.4. The number of nitrogens with one attached hydrogen (secondary N) is 6. The zero-order valence-corrected chi connectivity index (χ0v) is 48.8. The summed E-state index contributed by atoms with van der Waals surface area (Å²) in [4.78, 5) is 107. The second kappa shape index (κ2) is 53.0. The van der Waals surface area contributed by atoms with Crippen molar-refractivity contribution in [2.45, 2.75) is 134 Å². The first-order chi connectivity index (χ1) is 40.2. The Labute approximate surface area is 489 Å². The molecular formula is C56H95BN6O20. The SMILES string of the molecule is BC(=O)[C@H](Cc1ccc(O)cc1)NC(=O)COCCOCCNC(=O)COCCOCCNC(=O)COCCOCCNC(=O)COCCOCCNC(=O)CC[C@H](NC(=O)CCCCCCCCCCCCCCCCC(=O)O)C(=O)O. The van der Waals surface area contributed by atoms with E-state index >= 15 is 0 Å². The van der Waals surface area contributed by atoms with Crippen LogP contribution in [0.15, 0.2) is 24.3 Å². The number of ether oxygens (including phenoxy) is 8. The summed E-state index contributed by atoms with van der Waals surface area (Å²) in [7, 11) is 1.39. The van der Waals surface area contributed by atoms with Crippen LogP contribution in [0.1, 0.15) is 121 Å². The standard InChI is InChI=1S/C56H95BN6O20/c57-55(73)47(39-44-17-19-45(64)20-18-44)63-53(70)43-83-38-34-79-30-26-61-52(69)42-82-37-33-78-29-25-60-51(68)41-81-36-32-77-28-24-59-50(67)40-80-35-31-76-27-23-58-48(65)22-21-46(56(74)75)62-49(66)15-13-11-9-7-5-3-1-2-4-6-8-10-12-14-16-54(71)72/h17-20,46-47,64H,1-16,21-43,57H2,(H,58,65)(H,59,67)(H,60,68)(H,61,69)(H,62,66)(H,63,70)(H,71,72)(H,74,75)/t46-,47-/m0/s1. The first-order valence-electron chi connectivity index (χ1n) is 29.2. The summed E-state index contributed by atoms with van der Waals surface area (Å²) in [5.41, 5.74) is 0.581. The first kappa shape index (κ1) is 75.2. The van der Waals surface area contributed by atoms with E-state index < -0.39 is 29.9 Å². The number of phenolic OH excluding ortho intramolecular Hbond substituents is 1. The summed E-state index contributed by atoms with van der Waals surface area (Å²) in [5, 5.41) is 43.4. The second-order valence-corrected chi connectivity index (χ2v) is 19.5. The van der Waals surface area contributed by atoms with E-state index in [0.717, 1.165) is 50.5 Å². The molecule has 0 bridgehead atoms. The van der Waals surface area contributed by atoms with Crippen molar-refractivity contribution in [2.24, 2.45) is 0 Å². The lowest BCUT2D eigenvalue weighted by atomic mass is 9.90. The van der Waals surface area contributed by atoms with Gasteiger partial charge in [-0.25, -0.2) is 4.79 Å². The van der Waals surface area contributed by atoms with E-state index in [1.54, 1.807) is 12.1 Å². The van der Waals surface area contributed by atoms with E-state index in [4.69, 9.17) is 43.0 Å². The molecule has 0 spiro atoms. The average Bonchev–Trinajstić information content (AvgIpc) is 3.49. The molecule has 0 aliphatic carbocycles. The fraction of sp³-hybridized carbons (Fsp3) is 0.732. The van der Waals surface area contributed by atoms with Gasteiger partial charge in [0.1, 0.15) is 43.9 Å². The van der Waals surface area contributed by atoms with Crippen molar-refractivity contribution in [1.82, 2.24) is 31.9 Å². The van der Waals surface area contributed by atoms with Gasteiger partial charge in [0.25, 0.3) is 0 Å². The summed E-state index contributed by atoms with van der Waals surface area (Å²) >= 11 is 0. The van der Waals surface area contributed by atoms with Crippen LogP contribution in [0.5, 0.6) is 5.75 Å². The predicted molar refractivity (Wildman–Crippen MR) is 306 cm³/mol. The maximum absolute atomic E-state index is 12.4. The van der Waals surface area contributed by atoms with Crippen LogP contribution in [0.3, 0.4) is 0 Å². The molecule has 83 heavy (non-hydrogen) atoms. The molecule has 0 radical (unpaired) electrons. The van der Waals surface area contributed by atoms with Crippen molar-refractivity contribution in [2.75, 3.05) is 132 Å². The van der Waals surface area contributed by atoms with Gasteiger partial charge in [-0.3, -0.25) is 33.6 Å². The minimum Gasteiger partial charge on any atom is -0.508 e. The summed E-state index contributed by atoms with van der Waals surface area (Å²) in [6.07, 6.45) is 15.6. The molecular weight excluding hydrogens is 1090 g/mol. The zero-order chi connectivity index (χ0) is 60.8. The van der Waals surface area contributed by atoms with Crippen molar-refractivity contribution in [1.29, 1.82) is 0 Å². The third-order valence-corrected chi connectivity index (χ3v) is 12.2. The van der Waals surface area contributed by atoms with Crippen LogP contribution in [0, 0.1) is 0 Å². The summed E-state index contributed by atoms with van der Waals surface area (Å²) in [6, 6.07) is 4.49. The molecule has 0 fully saturated rings. The predicted octanol–water partition coefficient (Wildman–Crippen LogP) is 0.853. The Morgan fingerprint density at radius 1 is 0.386 bits per heavy atom. The monoisotopic (exact) mass is 1180 g/mol. The fourth-order valence-corrected chi connectivity index (χ4v) is 7.71. The molecule has 26 nitrogen and oxygen atoms in total. The van der Waals surface area contributed by atoms with E-state index in [0.29, 0.717) is 6.42 Å². The lowest BCUT2D eigenvalue weighted by Gasteiger charge is -2.16. The highest BCUT2D eigenvalue weighted by Crippen LogP contribution is 2.15. The first-order valence-corrected chi connectivity index (χ1v) is 29.2. The molecule has 9 N–H and O–H groups in total. The van der Waals surface area contributed by atoms with Gasteiger partial charge in [-0.1, -0.05) is 89.2 Å². The van der Waals surface area contributed by atoms with Crippen LogP contribution >= 0.6 is 0 Å². The molecule has 0 aromatic heterocycles. The number of hydrogen-bond donors (Lipinski definition) is 9. The van der Waals surface area contributed by atoms with Crippen LogP contribution in [0.4, 0.5) is 0 Å². The highest BCUT2D eigenvalue weighted by atomic mass is 16.5. The van der Waals surface area contributed by atoms with Crippen molar-refractivity contribution in [3.8, 4) is 5.75 Å². The van der Waals surface area contributed by atoms with E-state index in [-0.39, 0.29) is 205 Å². The molecule has 0 aliphatic rings. The van der Waals surface area contributed by atoms with E-state index in [1.807, 2.05) is 0 Å². The van der Waals surface area contributed by atoms with Gasteiger partial charge >= 0.3 is 11.9 Å². The molecule has 0 saturated heterocycles. The van der Waals surface area contributed by atoms with E-state index in [1.165, 1.54) is 58.5 Å². The quantitative estimate of drug-likeness (QED) is 0.0322. The van der Waals surface area contributed by atoms with Gasteiger partial charge < -0.3 is 89.9 Å². The minimum atomic E-state index is -1.20. The van der Waals surface area contributed by atoms with Gasteiger partial charge in [0.2, 0.25) is 35.4 Å². The number of aromatic hydroxyl groups is 1. The van der Waals surface area contributed by atoms with E-state index in [9.17, 15) is 53.4 Å². The molecule has 2 atom stereocenters. The Bertz CT molecular complexity index is 1940. The lowest BCUT2D eigenvalue weighted by molar-refractivity contribution is -0.142. The van der Waals surface area contributed by atoms with Crippen LogP contribution in [-0.2, 0) is 87.5 Å². The molecule has 472 valence electrons. The third kappa shape index (κ3) is 49.3. The van der Waals surface area contributed by atoms with Crippen LogP contribution < -0.4 is 31.9 Å². The Hall–Kier alpha value is -5.81. The highest BCUT2D eigenvalue weighted by Gasteiger charge is 2.21. The molecule has 1 aromatic carbocycles. The summed E-state index contributed by atoms with van der Waals surface area (Å²) < 4.78 is 42.8. The normalized spacial score (nSPS) is 11.8. The number of hydrogen-bond acceptors (Lipinski definition) is 18. The largest absolute Gasteiger partial charge is 0.508 e. The summed E-state index contributed by atoms with van der Waals surface area (Å²) in [6.45, 7) is 2.33. The summed E-state index contributed by atoms with van der Waals surface area (Å²) in [5.74, 6) is -3.99. The number of aliphatic carboxylic acids is 2. The zero-order valence-electron chi connectivity index (χ0n) is 48.8. The molecule has 0 saturated carbocycles.